The van der Waals surface area contributed by atoms with Crippen LogP contribution in [-0.2, 0) is 11.3 Å². The molecule has 0 aliphatic carbocycles. The summed E-state index contributed by atoms with van der Waals surface area (Å²) in [4.78, 5) is 16.7. The molecule has 1 aromatic heterocycles. The van der Waals surface area contributed by atoms with Crippen LogP contribution in [0.4, 0.5) is 0 Å². The molecule has 3 aromatic carbocycles. The topological polar surface area (TPSA) is 86.5 Å². The number of nitrogens with zero attached hydrogens (tertiary/aromatic N) is 2. The van der Waals surface area contributed by atoms with Gasteiger partial charge in [0.2, 0.25) is 5.82 Å². The number of amides is 1. The number of para-hydroxylation sites is 1. The SMILES string of the molecule is COc1ccccc1CNC(=O)COc1cccc(-c2nc(-c3ccc(C)cc3)no2)c1. The number of aromatic nitrogens is 2. The summed E-state index contributed by atoms with van der Waals surface area (Å²) < 4.78 is 16.4. The van der Waals surface area contributed by atoms with Gasteiger partial charge in [0.1, 0.15) is 11.5 Å². The molecule has 0 fully saturated rings. The summed E-state index contributed by atoms with van der Waals surface area (Å²) in [5.74, 6) is 1.92. The van der Waals surface area contributed by atoms with Gasteiger partial charge in [-0.25, -0.2) is 0 Å². The second-order valence-corrected chi connectivity index (χ2v) is 7.19. The molecule has 0 aliphatic rings. The van der Waals surface area contributed by atoms with Crippen molar-refractivity contribution < 1.29 is 18.8 Å². The largest absolute Gasteiger partial charge is 0.496 e. The summed E-state index contributed by atoms with van der Waals surface area (Å²) in [7, 11) is 1.60. The van der Waals surface area contributed by atoms with E-state index < -0.39 is 0 Å². The number of hydrogen-bond acceptors (Lipinski definition) is 6. The van der Waals surface area contributed by atoms with Crippen LogP contribution in [0.25, 0.3) is 22.8 Å². The normalized spacial score (nSPS) is 10.6. The van der Waals surface area contributed by atoms with E-state index in [4.69, 9.17) is 14.0 Å². The quantitative estimate of drug-likeness (QED) is 0.446. The molecule has 0 unspecified atom stereocenters. The van der Waals surface area contributed by atoms with Crippen LogP contribution in [0, 0.1) is 6.92 Å². The Labute approximate surface area is 186 Å². The Hall–Kier alpha value is -4.13. The number of methoxy groups -OCH3 is 1. The van der Waals surface area contributed by atoms with Gasteiger partial charge in [-0.3, -0.25) is 4.79 Å². The average Bonchev–Trinajstić information content (AvgIpc) is 3.32. The molecule has 0 bridgehead atoms. The van der Waals surface area contributed by atoms with Crippen LogP contribution in [0.15, 0.2) is 77.3 Å². The Kier molecular flexibility index (Phi) is 6.46. The Morgan fingerprint density at radius 1 is 1.00 bits per heavy atom. The summed E-state index contributed by atoms with van der Waals surface area (Å²) in [6, 6.07) is 22.6. The molecule has 4 aromatic rings. The summed E-state index contributed by atoms with van der Waals surface area (Å²) in [5, 5.41) is 6.89. The molecule has 1 N–H and O–H groups in total. The molecule has 162 valence electrons. The zero-order valence-electron chi connectivity index (χ0n) is 17.9. The van der Waals surface area contributed by atoms with Crippen molar-refractivity contribution in [3.05, 3.63) is 83.9 Å². The fraction of sp³-hybridized carbons (Fsp3) is 0.160. The van der Waals surface area contributed by atoms with Crippen molar-refractivity contribution in [2.24, 2.45) is 0 Å². The van der Waals surface area contributed by atoms with Crippen molar-refractivity contribution in [2.75, 3.05) is 13.7 Å². The first-order valence-corrected chi connectivity index (χ1v) is 10.1. The zero-order chi connectivity index (χ0) is 22.3. The molecule has 1 amide bonds. The van der Waals surface area contributed by atoms with Gasteiger partial charge in [0.15, 0.2) is 6.61 Å². The number of rotatable bonds is 8. The lowest BCUT2D eigenvalue weighted by Crippen LogP contribution is -2.28. The van der Waals surface area contributed by atoms with Crippen LogP contribution in [0.2, 0.25) is 0 Å². The Balaban J connectivity index is 1.36. The lowest BCUT2D eigenvalue weighted by atomic mass is 10.1. The standard InChI is InChI=1S/C25H23N3O4/c1-17-10-12-18(13-11-17)24-27-25(32-28-24)19-7-5-8-21(14-19)31-16-23(29)26-15-20-6-3-4-9-22(20)30-2/h3-14H,15-16H2,1-2H3,(H,26,29). The third-order valence-electron chi connectivity index (χ3n) is 4.86. The van der Waals surface area contributed by atoms with E-state index in [0.717, 1.165) is 22.4 Å². The third kappa shape index (κ3) is 5.13. The summed E-state index contributed by atoms with van der Waals surface area (Å²) in [5.41, 5.74) is 3.65. The van der Waals surface area contributed by atoms with Crippen LogP contribution in [-0.4, -0.2) is 29.8 Å². The van der Waals surface area contributed by atoms with E-state index >= 15 is 0 Å². The van der Waals surface area contributed by atoms with E-state index in [-0.39, 0.29) is 12.5 Å². The Morgan fingerprint density at radius 3 is 2.62 bits per heavy atom. The van der Waals surface area contributed by atoms with Gasteiger partial charge in [0, 0.05) is 23.2 Å². The van der Waals surface area contributed by atoms with Crippen LogP contribution in [0.1, 0.15) is 11.1 Å². The van der Waals surface area contributed by atoms with E-state index in [1.165, 1.54) is 0 Å². The molecule has 0 aliphatic heterocycles. The van der Waals surface area contributed by atoms with Crippen LogP contribution in [0.3, 0.4) is 0 Å². The highest BCUT2D eigenvalue weighted by Crippen LogP contribution is 2.25. The number of ether oxygens (including phenoxy) is 2. The fourth-order valence-corrected chi connectivity index (χ4v) is 3.12. The monoisotopic (exact) mass is 429 g/mol. The molecule has 7 nitrogen and oxygen atoms in total. The smallest absolute Gasteiger partial charge is 0.258 e. The fourth-order valence-electron chi connectivity index (χ4n) is 3.12. The lowest BCUT2D eigenvalue weighted by molar-refractivity contribution is -0.123. The summed E-state index contributed by atoms with van der Waals surface area (Å²) in [6.07, 6.45) is 0. The van der Waals surface area contributed by atoms with E-state index in [1.807, 2.05) is 67.6 Å². The maximum absolute atomic E-state index is 12.2. The maximum Gasteiger partial charge on any atom is 0.258 e. The van der Waals surface area contributed by atoms with Gasteiger partial charge in [-0.15, -0.1) is 0 Å². The predicted molar refractivity (Wildman–Crippen MR) is 120 cm³/mol. The summed E-state index contributed by atoms with van der Waals surface area (Å²) in [6.45, 7) is 2.27. The minimum Gasteiger partial charge on any atom is -0.496 e. The summed E-state index contributed by atoms with van der Waals surface area (Å²) >= 11 is 0. The van der Waals surface area contributed by atoms with Crippen LogP contribution < -0.4 is 14.8 Å². The van der Waals surface area contributed by atoms with E-state index in [1.54, 1.807) is 19.2 Å². The van der Waals surface area contributed by atoms with Gasteiger partial charge >= 0.3 is 0 Å². The molecular formula is C25H23N3O4. The number of carbonyl (C=O) groups is 1. The van der Waals surface area contributed by atoms with E-state index in [0.29, 0.717) is 29.6 Å². The molecule has 0 radical (unpaired) electrons. The molecule has 1 heterocycles. The second kappa shape index (κ2) is 9.78. The van der Waals surface area contributed by atoms with Gasteiger partial charge in [-0.2, -0.15) is 4.98 Å². The number of hydrogen-bond donors (Lipinski definition) is 1. The first-order valence-electron chi connectivity index (χ1n) is 10.1. The van der Waals surface area contributed by atoms with Crippen LogP contribution >= 0.6 is 0 Å². The first kappa shape index (κ1) is 21.1. The number of aryl methyl sites for hydroxylation is 1. The second-order valence-electron chi connectivity index (χ2n) is 7.19. The molecule has 0 saturated carbocycles. The van der Waals surface area contributed by atoms with Crippen molar-refractivity contribution in [1.82, 2.24) is 15.5 Å². The molecule has 0 spiro atoms. The minimum atomic E-state index is -0.235. The maximum atomic E-state index is 12.2. The zero-order valence-corrected chi connectivity index (χ0v) is 17.9. The number of benzene rings is 3. The highest BCUT2D eigenvalue weighted by atomic mass is 16.5. The van der Waals surface area contributed by atoms with Gasteiger partial charge < -0.3 is 19.3 Å². The third-order valence-corrected chi connectivity index (χ3v) is 4.86. The van der Waals surface area contributed by atoms with Gasteiger partial charge in [-0.05, 0) is 31.2 Å². The van der Waals surface area contributed by atoms with Crippen molar-refractivity contribution in [3.63, 3.8) is 0 Å². The van der Waals surface area contributed by atoms with E-state index in [9.17, 15) is 4.79 Å². The minimum absolute atomic E-state index is 0.114. The van der Waals surface area contributed by atoms with Crippen molar-refractivity contribution in [2.45, 2.75) is 13.5 Å². The van der Waals surface area contributed by atoms with Gasteiger partial charge in [0.25, 0.3) is 11.8 Å². The number of nitrogens with one attached hydrogen (secondary N) is 1. The first-order chi connectivity index (χ1) is 15.6. The van der Waals surface area contributed by atoms with Crippen LogP contribution in [0.5, 0.6) is 11.5 Å². The highest BCUT2D eigenvalue weighted by Gasteiger charge is 2.12. The Bertz CT molecular complexity index is 1200. The predicted octanol–water partition coefficient (Wildman–Crippen LogP) is 4.42. The lowest BCUT2D eigenvalue weighted by Gasteiger charge is -2.10. The van der Waals surface area contributed by atoms with E-state index in [2.05, 4.69) is 15.5 Å². The molecule has 7 heteroatoms. The number of carbonyl (C=O) groups excluding carboxylic acids is 1. The molecule has 4 rings (SSSR count). The Morgan fingerprint density at radius 2 is 1.81 bits per heavy atom. The molecule has 0 saturated heterocycles. The van der Waals surface area contributed by atoms with Crippen molar-refractivity contribution in [1.29, 1.82) is 0 Å². The molecule has 0 atom stereocenters. The van der Waals surface area contributed by atoms with Crippen molar-refractivity contribution in [3.8, 4) is 34.3 Å². The highest BCUT2D eigenvalue weighted by molar-refractivity contribution is 5.77. The molecule has 32 heavy (non-hydrogen) atoms. The molecular weight excluding hydrogens is 406 g/mol. The van der Waals surface area contributed by atoms with Gasteiger partial charge in [0.05, 0.1) is 7.11 Å². The van der Waals surface area contributed by atoms with Gasteiger partial charge in [-0.1, -0.05) is 59.3 Å². The average molecular weight is 429 g/mol. The van der Waals surface area contributed by atoms with Crippen molar-refractivity contribution >= 4 is 5.91 Å².